The van der Waals surface area contributed by atoms with Crippen molar-refractivity contribution < 1.29 is 15.6 Å². The van der Waals surface area contributed by atoms with Crippen LogP contribution in [0.25, 0.3) is 11.1 Å². The zero-order chi connectivity index (χ0) is 28.0. The van der Waals surface area contributed by atoms with Crippen LogP contribution in [0.2, 0.25) is 0 Å². The molecule has 201 valence electrons. The molecule has 1 aliphatic rings. The molecule has 0 saturated heterocycles. The van der Waals surface area contributed by atoms with E-state index in [0.29, 0.717) is 0 Å². The van der Waals surface area contributed by atoms with Crippen LogP contribution in [0, 0.1) is 0 Å². The van der Waals surface area contributed by atoms with Crippen molar-refractivity contribution in [3.63, 3.8) is 0 Å². The topological polar surface area (TPSA) is 12.0 Å². The van der Waals surface area contributed by atoms with Crippen molar-refractivity contribution in [2.24, 2.45) is 0 Å². The number of rotatable bonds is 6. The predicted molar refractivity (Wildman–Crippen MR) is 174 cm³/mol. The Morgan fingerprint density at radius 3 is 1.82 bits per heavy atom. The summed E-state index contributed by atoms with van der Waals surface area (Å²) in [5.74, 6) is -2.26. The third-order valence-corrected chi connectivity index (χ3v) is 56.6. The minimum absolute atomic E-state index is 0.0759. The maximum absolute atomic E-state index is 8.47. The van der Waals surface area contributed by atoms with Gasteiger partial charge >= 0.3 is 249 Å². The molecule has 0 bridgehead atoms. The van der Waals surface area contributed by atoms with E-state index in [2.05, 4.69) is 151 Å². The zero-order valence-electron chi connectivity index (χ0n) is 23.2. The molecule has 0 fully saturated rings. The molecule has 0 unspecified atom stereocenters. The van der Waals surface area contributed by atoms with E-state index >= 15 is 0 Å². The van der Waals surface area contributed by atoms with Crippen LogP contribution >= 0.6 is 17.2 Å². The van der Waals surface area contributed by atoms with Crippen molar-refractivity contribution >= 4 is 42.5 Å². The van der Waals surface area contributed by atoms with Gasteiger partial charge in [-0.05, 0) is 0 Å². The fourth-order valence-corrected chi connectivity index (χ4v) is 59.0. The van der Waals surface area contributed by atoms with Crippen LogP contribution in [0.5, 0.6) is 0 Å². The van der Waals surface area contributed by atoms with Crippen LogP contribution in [0.1, 0.15) is 37.5 Å². The Morgan fingerprint density at radius 2 is 1.18 bits per heavy atom. The number of fused-ring (bicyclic) bond motifs is 3. The maximum atomic E-state index is 8.47. The molecular formula is C35H34Cl2HfNSi. The molecule has 5 aromatic carbocycles. The second-order valence-electron chi connectivity index (χ2n) is 11.9. The molecule has 0 amide bonds. The molecule has 40 heavy (non-hydrogen) atoms. The molecular weight excluding hydrogens is 712 g/mol. The van der Waals surface area contributed by atoms with E-state index < -0.39 is 21.6 Å². The SMILES string of the molecule is CC(C)(C)c1ccccc1[NH][Hf]([Cl])([Cl])([c]1cccc2c1Cc1ccccc1-2)[SiH](c1ccccc1)c1ccccc1. The van der Waals surface area contributed by atoms with Crippen LogP contribution in [-0.4, -0.2) is 5.98 Å². The first-order valence-electron chi connectivity index (χ1n) is 13.9. The van der Waals surface area contributed by atoms with Crippen LogP contribution < -0.4 is 17.0 Å². The van der Waals surface area contributed by atoms with Gasteiger partial charge in [0.2, 0.25) is 0 Å². The third-order valence-electron chi connectivity index (χ3n) is 8.22. The summed E-state index contributed by atoms with van der Waals surface area (Å²) in [7, 11) is 16.9. The number of nitrogens with one attached hydrogen (secondary N) is 1. The van der Waals surface area contributed by atoms with Gasteiger partial charge in [-0.2, -0.15) is 0 Å². The average Bonchev–Trinajstić information content (AvgIpc) is 3.33. The van der Waals surface area contributed by atoms with E-state index in [1.165, 1.54) is 38.2 Å². The average molecular weight is 746 g/mol. The molecule has 6 rings (SSSR count). The monoisotopic (exact) mass is 746 g/mol. The first kappa shape index (κ1) is 27.7. The van der Waals surface area contributed by atoms with Crippen molar-refractivity contribution in [1.29, 1.82) is 0 Å². The van der Waals surface area contributed by atoms with Gasteiger partial charge in [-0.3, -0.25) is 0 Å². The molecule has 1 aliphatic carbocycles. The van der Waals surface area contributed by atoms with Crippen molar-refractivity contribution in [2.45, 2.75) is 32.6 Å². The fourth-order valence-electron chi connectivity index (χ4n) is 6.44. The Hall–Kier alpha value is -2.43. The fraction of sp³-hybridized carbons (Fsp3) is 0.143. The van der Waals surface area contributed by atoms with Gasteiger partial charge in [-0.25, -0.2) is 0 Å². The summed E-state index contributed by atoms with van der Waals surface area (Å²) >= 11 is -5.41. The molecule has 1 N–H and O–H groups in total. The summed E-state index contributed by atoms with van der Waals surface area (Å²) in [6, 6.07) is 45.5. The second-order valence-corrected chi connectivity index (χ2v) is 60.8. The minimum atomic E-state index is -5.41. The summed E-state index contributed by atoms with van der Waals surface area (Å²) in [5.41, 5.74) is 7.38. The molecule has 0 spiro atoms. The summed E-state index contributed by atoms with van der Waals surface area (Å²) < 4.78 is 5.24. The Morgan fingerprint density at radius 1 is 0.625 bits per heavy atom. The second kappa shape index (κ2) is 10.4. The van der Waals surface area contributed by atoms with Crippen molar-refractivity contribution in [2.75, 3.05) is 3.30 Å². The third kappa shape index (κ3) is 4.85. The molecule has 0 saturated carbocycles. The number of hydrogen-bond donors (Lipinski definition) is 1. The number of halogens is 2. The van der Waals surface area contributed by atoms with Gasteiger partial charge in [0.15, 0.2) is 0 Å². The van der Waals surface area contributed by atoms with Crippen LogP contribution in [0.15, 0.2) is 127 Å². The predicted octanol–water partition coefficient (Wildman–Crippen LogP) is 7.74. The zero-order valence-corrected chi connectivity index (χ0v) is 29.4. The van der Waals surface area contributed by atoms with Gasteiger partial charge in [0.1, 0.15) is 0 Å². The quantitative estimate of drug-likeness (QED) is 0.172. The van der Waals surface area contributed by atoms with Crippen LogP contribution in [0.4, 0.5) is 5.69 Å². The van der Waals surface area contributed by atoms with Gasteiger partial charge in [-0.1, -0.05) is 0 Å². The molecule has 5 heteroatoms. The summed E-state index contributed by atoms with van der Waals surface area (Å²) in [4.78, 5) is 0. The van der Waals surface area contributed by atoms with E-state index in [1.807, 2.05) is 0 Å². The van der Waals surface area contributed by atoms with Crippen LogP contribution in [0.3, 0.4) is 0 Å². The molecule has 0 radical (unpaired) electrons. The number of anilines is 1. The van der Waals surface area contributed by atoms with E-state index in [-0.39, 0.29) is 5.41 Å². The summed E-state index contributed by atoms with van der Waals surface area (Å²) in [5, 5.41) is 2.53. The number of hydrogen-bond acceptors (Lipinski definition) is 1. The van der Waals surface area contributed by atoms with Gasteiger partial charge in [-0.15, -0.1) is 0 Å². The van der Waals surface area contributed by atoms with E-state index in [4.69, 9.17) is 17.2 Å². The molecule has 5 aromatic rings. The van der Waals surface area contributed by atoms with Gasteiger partial charge in [0.25, 0.3) is 0 Å². The van der Waals surface area contributed by atoms with E-state index in [1.54, 1.807) is 0 Å². The summed E-state index contributed by atoms with van der Waals surface area (Å²) in [6.07, 6.45) is 0.848. The van der Waals surface area contributed by atoms with E-state index in [9.17, 15) is 0 Å². The molecule has 0 aromatic heterocycles. The van der Waals surface area contributed by atoms with Gasteiger partial charge in [0.05, 0.1) is 0 Å². The van der Waals surface area contributed by atoms with E-state index in [0.717, 1.165) is 15.4 Å². The first-order valence-corrected chi connectivity index (χ1v) is 34.4. The van der Waals surface area contributed by atoms with Gasteiger partial charge < -0.3 is 0 Å². The standard InChI is InChI=1S/C13H9.C12H11Si.C10H14N.2ClH.Hf/c1-3-7-12-10(5-1)9-11-6-2-4-8-13(11)12;1-3-7-11(8-4-1)13-12-9-5-2-6-10-12;1-10(2,3)8-6-4-5-7-9(8)11;;;/h1-5,7-8H,9H2;1-10,13H;4-7,11H,1-3H3;2*1H;/q;;-1;;;+3/p-2. The number of para-hydroxylation sites is 1. The van der Waals surface area contributed by atoms with Crippen molar-refractivity contribution in [3.05, 3.63) is 144 Å². The Balaban J connectivity index is 1.68. The Labute approximate surface area is 247 Å². The normalized spacial score (nSPS) is 13.8. The molecule has 1 nitrogen and oxygen atoms in total. The molecule has 0 atom stereocenters. The summed E-state index contributed by atoms with van der Waals surface area (Å²) in [6.45, 7) is 6.75. The molecule has 0 heterocycles. The van der Waals surface area contributed by atoms with Gasteiger partial charge in [0, 0.05) is 0 Å². The molecule has 0 aliphatic heterocycles. The first-order chi connectivity index (χ1) is 19.2. The Kier molecular flexibility index (Phi) is 7.24. The number of benzene rings is 5. The van der Waals surface area contributed by atoms with Crippen molar-refractivity contribution in [1.82, 2.24) is 0 Å². The van der Waals surface area contributed by atoms with Crippen LogP contribution in [-0.2, 0) is 27.4 Å². The Bertz CT molecular complexity index is 1640. The van der Waals surface area contributed by atoms with Crippen molar-refractivity contribution in [3.8, 4) is 11.1 Å².